The Morgan fingerprint density at radius 1 is 1.13 bits per heavy atom. The van der Waals surface area contributed by atoms with E-state index >= 15 is 0 Å². The summed E-state index contributed by atoms with van der Waals surface area (Å²) < 4.78 is 0. The van der Waals surface area contributed by atoms with Gasteiger partial charge in [0.25, 0.3) is 5.91 Å². The number of hydrogen-bond acceptors (Lipinski definition) is 5. The van der Waals surface area contributed by atoms with Gasteiger partial charge in [-0.25, -0.2) is 4.98 Å². The number of nitrogens with one attached hydrogen (secondary N) is 1. The molecule has 2 saturated heterocycles. The minimum absolute atomic E-state index is 0.0358. The van der Waals surface area contributed by atoms with Gasteiger partial charge in [-0.05, 0) is 68.4 Å². The summed E-state index contributed by atoms with van der Waals surface area (Å²) in [6.45, 7) is 6.69. The highest BCUT2D eigenvalue weighted by Crippen LogP contribution is 2.29. The third-order valence-electron chi connectivity index (χ3n) is 7.71. The lowest BCUT2D eigenvalue weighted by atomic mass is 10.0. The molecular formula is C30H40ClN5O3. The Morgan fingerprint density at radius 3 is 2.54 bits per heavy atom. The molecule has 2 fully saturated rings. The minimum Gasteiger partial charge on any atom is -0.345 e. The van der Waals surface area contributed by atoms with Gasteiger partial charge >= 0.3 is 0 Å². The Balaban J connectivity index is 1.42. The summed E-state index contributed by atoms with van der Waals surface area (Å²) in [5.74, 6) is 0.0355. The zero-order chi connectivity index (χ0) is 28.1. The van der Waals surface area contributed by atoms with Crippen LogP contribution in [0.1, 0.15) is 72.6 Å². The largest absolute Gasteiger partial charge is 0.345 e. The van der Waals surface area contributed by atoms with Crippen LogP contribution in [0.15, 0.2) is 30.3 Å². The van der Waals surface area contributed by atoms with Gasteiger partial charge < -0.3 is 15.1 Å². The van der Waals surface area contributed by atoms with Crippen molar-refractivity contribution >= 4 is 35.1 Å². The van der Waals surface area contributed by atoms with E-state index in [4.69, 9.17) is 11.6 Å². The number of amides is 3. The molecule has 4 rings (SSSR count). The number of anilines is 1. The highest BCUT2D eigenvalue weighted by atomic mass is 35.5. The van der Waals surface area contributed by atoms with Crippen molar-refractivity contribution < 1.29 is 14.4 Å². The molecule has 0 bridgehead atoms. The molecular weight excluding hydrogens is 514 g/mol. The van der Waals surface area contributed by atoms with Gasteiger partial charge in [0.05, 0.1) is 0 Å². The summed E-state index contributed by atoms with van der Waals surface area (Å²) >= 11 is 6.18. The number of hydrogen-bond donors (Lipinski definition) is 1. The highest BCUT2D eigenvalue weighted by molar-refractivity contribution is 6.31. The van der Waals surface area contributed by atoms with Crippen LogP contribution in [0.2, 0.25) is 5.02 Å². The molecule has 2 aliphatic rings. The number of aromatic nitrogens is 1. The maximum atomic E-state index is 13.5. The summed E-state index contributed by atoms with van der Waals surface area (Å²) in [4.78, 5) is 49.4. The van der Waals surface area contributed by atoms with E-state index in [0.29, 0.717) is 24.2 Å². The Morgan fingerprint density at radius 2 is 1.87 bits per heavy atom. The number of nitrogens with zero attached hydrogens (tertiary/aromatic N) is 4. The second kappa shape index (κ2) is 12.9. The van der Waals surface area contributed by atoms with E-state index in [1.54, 1.807) is 26.2 Å². The lowest BCUT2D eigenvalue weighted by Gasteiger charge is -2.39. The van der Waals surface area contributed by atoms with Crippen molar-refractivity contribution in [2.24, 2.45) is 0 Å². The Hall–Kier alpha value is -2.97. The second-order valence-electron chi connectivity index (χ2n) is 11.0. The summed E-state index contributed by atoms with van der Waals surface area (Å²) in [7, 11) is 3.41. The highest BCUT2D eigenvalue weighted by Gasteiger charge is 2.41. The summed E-state index contributed by atoms with van der Waals surface area (Å²) in [5.41, 5.74) is 3.58. The lowest BCUT2D eigenvalue weighted by Crippen LogP contribution is -2.51. The van der Waals surface area contributed by atoms with Crippen LogP contribution in [0, 0.1) is 6.92 Å². The van der Waals surface area contributed by atoms with Crippen molar-refractivity contribution in [3.05, 3.63) is 57.7 Å². The van der Waals surface area contributed by atoms with Crippen LogP contribution < -0.4 is 5.32 Å². The fraction of sp³-hybridized carbons (Fsp3) is 0.533. The van der Waals surface area contributed by atoms with Crippen LogP contribution in [-0.2, 0) is 22.6 Å². The number of aryl methyl sites for hydroxylation is 2. The molecule has 0 aliphatic carbocycles. The quantitative estimate of drug-likeness (QED) is 0.487. The Labute approximate surface area is 236 Å². The predicted octanol–water partition coefficient (Wildman–Crippen LogP) is 4.68. The van der Waals surface area contributed by atoms with Crippen LogP contribution in [0.25, 0.3) is 0 Å². The first kappa shape index (κ1) is 29.0. The molecule has 1 N–H and O–H groups in total. The molecule has 39 heavy (non-hydrogen) atoms. The molecule has 210 valence electrons. The number of likely N-dealkylation sites (tertiary alicyclic amines) is 2. The van der Waals surface area contributed by atoms with Crippen molar-refractivity contribution in [1.29, 1.82) is 0 Å². The van der Waals surface area contributed by atoms with Gasteiger partial charge in [0.2, 0.25) is 11.8 Å². The molecule has 3 amide bonds. The second-order valence-corrected chi connectivity index (χ2v) is 11.4. The Kier molecular flexibility index (Phi) is 9.62. The maximum Gasteiger partial charge on any atom is 0.253 e. The Bertz CT molecular complexity index is 1210. The molecule has 9 heteroatoms. The average Bonchev–Trinajstić information content (AvgIpc) is 3.30. The lowest BCUT2D eigenvalue weighted by molar-refractivity contribution is -0.136. The summed E-state index contributed by atoms with van der Waals surface area (Å²) in [6, 6.07) is 9.08. The van der Waals surface area contributed by atoms with E-state index in [0.717, 1.165) is 68.0 Å². The molecule has 1 atom stereocenters. The van der Waals surface area contributed by atoms with E-state index in [-0.39, 0.29) is 23.8 Å². The van der Waals surface area contributed by atoms with Crippen molar-refractivity contribution in [2.75, 3.05) is 32.5 Å². The molecule has 0 unspecified atom stereocenters. The van der Waals surface area contributed by atoms with Crippen LogP contribution >= 0.6 is 11.6 Å². The molecule has 0 radical (unpaired) electrons. The SMILES string of the molecule is CCCCc1cc(C(=O)N(C)C)cc(NC(=O)[C@H]2CCC(=O)N2C2CCN(Cc3ccc(Cl)c(C)c3)CC2)n1. The summed E-state index contributed by atoms with van der Waals surface area (Å²) in [5, 5.41) is 3.72. The summed E-state index contributed by atoms with van der Waals surface area (Å²) in [6.07, 6.45) is 5.21. The number of unbranched alkanes of at least 4 members (excludes halogenated alkanes) is 1. The third kappa shape index (κ3) is 7.17. The number of benzene rings is 1. The molecule has 0 spiro atoms. The number of rotatable bonds is 9. The molecule has 3 heterocycles. The number of carbonyl (C=O) groups excluding carboxylic acids is 3. The van der Waals surface area contributed by atoms with Gasteiger partial charge in [0, 0.05) is 62.5 Å². The maximum absolute atomic E-state index is 13.5. The topological polar surface area (TPSA) is 85.8 Å². The van der Waals surface area contributed by atoms with E-state index in [1.807, 2.05) is 17.9 Å². The smallest absolute Gasteiger partial charge is 0.253 e. The van der Waals surface area contributed by atoms with E-state index in [2.05, 4.69) is 34.3 Å². The van der Waals surface area contributed by atoms with Gasteiger partial charge in [-0.1, -0.05) is 37.1 Å². The van der Waals surface area contributed by atoms with E-state index in [1.165, 1.54) is 10.5 Å². The van der Waals surface area contributed by atoms with Crippen molar-refractivity contribution in [2.45, 2.75) is 77.4 Å². The molecule has 2 aromatic rings. The fourth-order valence-corrected chi connectivity index (χ4v) is 5.68. The first-order valence-corrected chi connectivity index (χ1v) is 14.4. The van der Waals surface area contributed by atoms with Crippen LogP contribution in [-0.4, -0.2) is 76.7 Å². The molecule has 1 aromatic carbocycles. The molecule has 2 aliphatic heterocycles. The standard InChI is InChI=1S/C30H40ClN5O3/c1-5-6-7-23-17-22(30(39)34(3)4)18-27(32-23)33-29(38)26-10-11-28(37)36(26)24-12-14-35(15-13-24)19-21-8-9-25(31)20(2)16-21/h8-9,16-18,24,26H,5-7,10-15,19H2,1-4H3,(H,32,33,38)/t26-/m1/s1. The van der Waals surface area contributed by atoms with Gasteiger partial charge in [-0.3, -0.25) is 19.3 Å². The van der Waals surface area contributed by atoms with Crippen LogP contribution in [0.3, 0.4) is 0 Å². The normalized spacial score (nSPS) is 18.4. The zero-order valence-electron chi connectivity index (χ0n) is 23.5. The average molecular weight is 554 g/mol. The molecule has 1 aromatic heterocycles. The van der Waals surface area contributed by atoms with E-state index < -0.39 is 6.04 Å². The van der Waals surface area contributed by atoms with Gasteiger partial charge in [0.1, 0.15) is 11.9 Å². The zero-order valence-corrected chi connectivity index (χ0v) is 24.3. The first-order chi connectivity index (χ1) is 18.7. The number of carbonyl (C=O) groups is 3. The minimum atomic E-state index is -0.526. The number of pyridine rings is 1. The van der Waals surface area contributed by atoms with Gasteiger partial charge in [0.15, 0.2) is 0 Å². The predicted molar refractivity (Wildman–Crippen MR) is 154 cm³/mol. The van der Waals surface area contributed by atoms with Crippen LogP contribution in [0.5, 0.6) is 0 Å². The first-order valence-electron chi connectivity index (χ1n) is 14.0. The van der Waals surface area contributed by atoms with Gasteiger partial charge in [-0.2, -0.15) is 0 Å². The van der Waals surface area contributed by atoms with Gasteiger partial charge in [-0.15, -0.1) is 0 Å². The molecule has 0 saturated carbocycles. The fourth-order valence-electron chi connectivity index (χ4n) is 5.57. The number of halogens is 1. The monoisotopic (exact) mass is 553 g/mol. The van der Waals surface area contributed by atoms with Crippen molar-refractivity contribution in [1.82, 2.24) is 19.7 Å². The molecule has 8 nitrogen and oxygen atoms in total. The van der Waals surface area contributed by atoms with Crippen LogP contribution in [0.4, 0.5) is 5.82 Å². The van der Waals surface area contributed by atoms with Crippen molar-refractivity contribution in [3.8, 4) is 0 Å². The third-order valence-corrected chi connectivity index (χ3v) is 8.13. The number of piperidine rings is 1. The van der Waals surface area contributed by atoms with E-state index in [9.17, 15) is 14.4 Å². The van der Waals surface area contributed by atoms with Crippen molar-refractivity contribution in [3.63, 3.8) is 0 Å².